The van der Waals surface area contributed by atoms with Crippen molar-refractivity contribution in [1.82, 2.24) is 15.5 Å². The van der Waals surface area contributed by atoms with Gasteiger partial charge in [-0.2, -0.15) is 0 Å². The quantitative estimate of drug-likeness (QED) is 0.552. The number of hydrogen-bond acceptors (Lipinski definition) is 4. The maximum atomic E-state index is 13.6. The minimum Gasteiger partial charge on any atom is -0.497 e. The van der Waals surface area contributed by atoms with Crippen molar-refractivity contribution in [1.29, 1.82) is 0 Å². The van der Waals surface area contributed by atoms with Gasteiger partial charge in [-0.1, -0.05) is 26.0 Å². The molecule has 35 heavy (non-hydrogen) atoms. The van der Waals surface area contributed by atoms with Crippen molar-refractivity contribution in [3.8, 4) is 5.75 Å². The summed E-state index contributed by atoms with van der Waals surface area (Å²) in [6, 6.07) is 7.76. The number of rotatable bonds is 9. The van der Waals surface area contributed by atoms with E-state index < -0.39 is 6.04 Å². The van der Waals surface area contributed by atoms with Gasteiger partial charge in [0.1, 0.15) is 11.8 Å². The summed E-state index contributed by atoms with van der Waals surface area (Å²) in [5, 5.41) is 6.46. The zero-order valence-corrected chi connectivity index (χ0v) is 21.7. The zero-order chi connectivity index (χ0) is 24.6. The third kappa shape index (κ3) is 5.09. The van der Waals surface area contributed by atoms with Crippen LogP contribution >= 0.6 is 0 Å². The van der Waals surface area contributed by atoms with Gasteiger partial charge in [0.05, 0.1) is 13.2 Å². The number of likely N-dealkylation sites (tertiary alicyclic amines) is 1. The van der Waals surface area contributed by atoms with Gasteiger partial charge in [0.15, 0.2) is 0 Å². The summed E-state index contributed by atoms with van der Waals surface area (Å²) >= 11 is 0. The van der Waals surface area contributed by atoms with Crippen LogP contribution in [0.5, 0.6) is 5.75 Å². The third-order valence-electron chi connectivity index (χ3n) is 9.29. The van der Waals surface area contributed by atoms with E-state index in [1.165, 1.54) is 32.1 Å². The molecule has 0 aromatic heterocycles. The molecule has 0 unspecified atom stereocenters. The molecule has 1 saturated heterocycles. The SMILES string of the molecule is COc1cccc([C@H](CNC(=O)[C@@H](NC(=O)C23CC4CC(CC(C4)C2)C3)C(C)C)N2CCCC2)c1. The lowest BCUT2D eigenvalue weighted by Gasteiger charge is -2.55. The number of methoxy groups -OCH3 is 1. The summed E-state index contributed by atoms with van der Waals surface area (Å²) in [7, 11) is 1.69. The molecule has 5 aliphatic rings. The van der Waals surface area contributed by atoms with E-state index in [0.717, 1.165) is 43.7 Å². The molecule has 0 radical (unpaired) electrons. The van der Waals surface area contributed by atoms with E-state index in [-0.39, 0.29) is 29.2 Å². The zero-order valence-electron chi connectivity index (χ0n) is 21.7. The molecule has 192 valence electrons. The van der Waals surface area contributed by atoms with Gasteiger partial charge < -0.3 is 15.4 Å². The number of benzene rings is 1. The second-order valence-corrected chi connectivity index (χ2v) is 12.2. The second-order valence-electron chi connectivity index (χ2n) is 12.2. The highest BCUT2D eigenvalue weighted by Gasteiger charge is 2.55. The van der Waals surface area contributed by atoms with E-state index in [4.69, 9.17) is 4.74 Å². The Labute approximate surface area is 210 Å². The second kappa shape index (κ2) is 10.1. The van der Waals surface area contributed by atoms with Crippen molar-refractivity contribution in [3.63, 3.8) is 0 Å². The lowest BCUT2D eigenvalue weighted by molar-refractivity contribution is -0.149. The highest BCUT2D eigenvalue weighted by Crippen LogP contribution is 2.60. The number of amides is 2. The Kier molecular flexibility index (Phi) is 7.11. The minimum absolute atomic E-state index is 0.0370. The van der Waals surface area contributed by atoms with E-state index in [9.17, 15) is 9.59 Å². The first-order valence-corrected chi connectivity index (χ1v) is 13.8. The minimum atomic E-state index is -0.500. The van der Waals surface area contributed by atoms with E-state index in [1.807, 2.05) is 26.0 Å². The van der Waals surface area contributed by atoms with Crippen LogP contribution in [0.4, 0.5) is 0 Å². The van der Waals surface area contributed by atoms with Crippen LogP contribution in [0, 0.1) is 29.1 Å². The molecule has 6 heteroatoms. The number of nitrogens with zero attached hydrogens (tertiary/aromatic N) is 1. The van der Waals surface area contributed by atoms with Gasteiger partial charge in [0, 0.05) is 12.0 Å². The number of hydrogen-bond donors (Lipinski definition) is 2. The molecular weight excluding hydrogens is 438 g/mol. The molecule has 1 aromatic rings. The fraction of sp³-hybridized carbons (Fsp3) is 0.724. The normalized spacial score (nSPS) is 31.4. The smallest absolute Gasteiger partial charge is 0.242 e. The molecule has 2 N–H and O–H groups in total. The van der Waals surface area contributed by atoms with Crippen LogP contribution < -0.4 is 15.4 Å². The Hall–Kier alpha value is -2.08. The average molecular weight is 482 g/mol. The topological polar surface area (TPSA) is 70.7 Å². The summed E-state index contributed by atoms with van der Waals surface area (Å²) in [6.45, 7) is 6.67. The van der Waals surface area contributed by atoms with E-state index in [2.05, 4.69) is 27.7 Å². The average Bonchev–Trinajstić information content (AvgIpc) is 3.36. The number of carbonyl (C=O) groups is 2. The first-order valence-electron chi connectivity index (χ1n) is 13.8. The van der Waals surface area contributed by atoms with Crippen LogP contribution in [0.1, 0.15) is 76.8 Å². The van der Waals surface area contributed by atoms with Crippen LogP contribution in [-0.2, 0) is 9.59 Å². The van der Waals surface area contributed by atoms with Crippen LogP contribution in [0.15, 0.2) is 24.3 Å². The Morgan fingerprint density at radius 3 is 2.26 bits per heavy atom. The molecule has 2 atom stereocenters. The monoisotopic (exact) mass is 481 g/mol. The first kappa shape index (κ1) is 24.6. The summed E-state index contributed by atoms with van der Waals surface area (Å²) in [6.07, 6.45) is 9.35. The first-order chi connectivity index (χ1) is 16.9. The molecule has 6 nitrogen and oxygen atoms in total. The van der Waals surface area contributed by atoms with Crippen molar-refractivity contribution < 1.29 is 14.3 Å². The molecule has 1 heterocycles. The molecule has 5 fully saturated rings. The lowest BCUT2D eigenvalue weighted by Crippen LogP contribution is -2.58. The van der Waals surface area contributed by atoms with Crippen molar-refractivity contribution in [3.05, 3.63) is 29.8 Å². The van der Waals surface area contributed by atoms with Gasteiger partial charge in [0.25, 0.3) is 0 Å². The van der Waals surface area contributed by atoms with Crippen molar-refractivity contribution in [2.75, 3.05) is 26.7 Å². The standard InChI is InChI=1S/C29H43N3O3/c1-19(2)26(31-28(34)29-15-20-11-21(16-29)13-22(12-20)17-29)27(33)30-18-25(32-9-4-5-10-32)23-7-6-8-24(14-23)35-3/h6-8,14,19-22,25-26H,4-5,9-13,15-18H2,1-3H3,(H,30,33)(H,31,34)/t20?,21?,22?,25-,26-,29?/m0/s1. The fourth-order valence-electron chi connectivity index (χ4n) is 7.89. The number of carbonyl (C=O) groups excluding carboxylic acids is 2. The maximum absolute atomic E-state index is 13.6. The number of nitrogens with one attached hydrogen (secondary N) is 2. The molecule has 1 aromatic carbocycles. The maximum Gasteiger partial charge on any atom is 0.242 e. The fourth-order valence-corrected chi connectivity index (χ4v) is 7.89. The van der Waals surface area contributed by atoms with Gasteiger partial charge in [-0.3, -0.25) is 14.5 Å². The molecule has 0 spiro atoms. The van der Waals surface area contributed by atoms with Gasteiger partial charge in [0.2, 0.25) is 11.8 Å². The predicted molar refractivity (Wildman–Crippen MR) is 137 cm³/mol. The summed E-state index contributed by atoms with van der Waals surface area (Å²) < 4.78 is 5.45. The van der Waals surface area contributed by atoms with Gasteiger partial charge in [-0.05, 0) is 106 Å². The Morgan fingerprint density at radius 1 is 1.06 bits per heavy atom. The van der Waals surface area contributed by atoms with Gasteiger partial charge in [-0.25, -0.2) is 0 Å². The van der Waals surface area contributed by atoms with Crippen molar-refractivity contribution >= 4 is 11.8 Å². The van der Waals surface area contributed by atoms with Crippen molar-refractivity contribution in [2.45, 2.75) is 77.3 Å². The number of ether oxygens (including phenoxy) is 1. The molecule has 4 bridgehead atoms. The molecule has 1 aliphatic heterocycles. The molecular formula is C29H43N3O3. The summed E-state index contributed by atoms with van der Waals surface area (Å²) in [5.41, 5.74) is 0.922. The predicted octanol–water partition coefficient (Wildman–Crippen LogP) is 4.31. The summed E-state index contributed by atoms with van der Waals surface area (Å²) in [4.78, 5) is 29.5. The van der Waals surface area contributed by atoms with Crippen LogP contribution in [0.2, 0.25) is 0 Å². The van der Waals surface area contributed by atoms with Crippen LogP contribution in [-0.4, -0.2) is 49.5 Å². The molecule has 4 saturated carbocycles. The lowest BCUT2D eigenvalue weighted by atomic mass is 9.49. The Bertz CT molecular complexity index is 888. The van der Waals surface area contributed by atoms with Crippen LogP contribution in [0.25, 0.3) is 0 Å². The summed E-state index contributed by atoms with van der Waals surface area (Å²) in [5.74, 6) is 3.07. The molecule has 2 amide bonds. The third-order valence-corrected chi connectivity index (χ3v) is 9.29. The highest BCUT2D eigenvalue weighted by molar-refractivity contribution is 5.90. The Balaban J connectivity index is 1.26. The van der Waals surface area contributed by atoms with Crippen molar-refractivity contribution in [2.24, 2.45) is 29.1 Å². The Morgan fingerprint density at radius 2 is 1.69 bits per heavy atom. The molecule has 6 rings (SSSR count). The van der Waals surface area contributed by atoms with E-state index in [0.29, 0.717) is 24.3 Å². The highest BCUT2D eigenvalue weighted by atomic mass is 16.5. The molecule has 4 aliphatic carbocycles. The van der Waals surface area contributed by atoms with Crippen LogP contribution in [0.3, 0.4) is 0 Å². The van der Waals surface area contributed by atoms with Gasteiger partial charge >= 0.3 is 0 Å². The largest absolute Gasteiger partial charge is 0.497 e. The van der Waals surface area contributed by atoms with E-state index in [1.54, 1.807) is 7.11 Å². The van der Waals surface area contributed by atoms with E-state index >= 15 is 0 Å². The van der Waals surface area contributed by atoms with Gasteiger partial charge in [-0.15, -0.1) is 0 Å².